The first-order valence-corrected chi connectivity index (χ1v) is 14.5. The predicted octanol–water partition coefficient (Wildman–Crippen LogP) is 5.84. The number of carbonyl (C=O) groups excluding carboxylic acids is 2. The molecule has 222 valence electrons. The lowest BCUT2D eigenvalue weighted by atomic mass is 9.63. The summed E-state index contributed by atoms with van der Waals surface area (Å²) in [6, 6.07) is 16.1. The van der Waals surface area contributed by atoms with Crippen molar-refractivity contribution in [3.8, 4) is 22.4 Å². The van der Waals surface area contributed by atoms with Gasteiger partial charge >= 0.3 is 6.09 Å². The summed E-state index contributed by atoms with van der Waals surface area (Å²) in [7, 11) is 3.12. The maximum Gasteiger partial charge on any atom is 0.409 e. The Morgan fingerprint density at radius 2 is 1.76 bits per heavy atom. The molecule has 2 aliphatic carbocycles. The van der Waals surface area contributed by atoms with E-state index in [0.717, 1.165) is 36.8 Å². The lowest BCUT2D eigenvalue weighted by Crippen LogP contribution is -2.58. The Kier molecular flexibility index (Phi) is 8.35. The number of ether oxygens (including phenoxy) is 1. The number of nitrogens with one attached hydrogen (secondary N) is 1. The molecule has 0 spiro atoms. The first-order chi connectivity index (χ1) is 20.0. The van der Waals surface area contributed by atoms with Crippen molar-refractivity contribution in [3.63, 3.8) is 0 Å². The van der Waals surface area contributed by atoms with Crippen LogP contribution < -0.4 is 11.1 Å². The molecule has 0 saturated heterocycles. The molecule has 2 saturated carbocycles. The Morgan fingerprint density at radius 1 is 1.10 bits per heavy atom. The monoisotopic (exact) mass is 574 g/mol. The number of methoxy groups -OCH3 is 1. The van der Waals surface area contributed by atoms with E-state index < -0.39 is 11.1 Å². The van der Waals surface area contributed by atoms with Gasteiger partial charge in [-0.05, 0) is 69.1 Å². The molecule has 3 aromatic rings. The van der Waals surface area contributed by atoms with Crippen LogP contribution in [0.3, 0.4) is 0 Å². The number of carbonyl (C=O) groups is 2. The zero-order valence-corrected chi connectivity index (χ0v) is 24.4. The van der Waals surface area contributed by atoms with Gasteiger partial charge in [0.1, 0.15) is 5.82 Å². The summed E-state index contributed by atoms with van der Waals surface area (Å²) in [6.07, 6.45) is 5.91. The van der Waals surface area contributed by atoms with Crippen molar-refractivity contribution in [3.05, 3.63) is 72.2 Å². The summed E-state index contributed by atoms with van der Waals surface area (Å²) in [6.45, 7) is 1.79. The molecule has 8 nitrogen and oxygen atoms in total. The van der Waals surface area contributed by atoms with E-state index in [1.165, 1.54) is 13.2 Å². The molecular formula is C33H39FN4O4. The summed E-state index contributed by atoms with van der Waals surface area (Å²) in [5.41, 5.74) is 8.94. The number of anilines is 1. The highest BCUT2D eigenvalue weighted by Crippen LogP contribution is 2.46. The van der Waals surface area contributed by atoms with Crippen molar-refractivity contribution in [2.75, 3.05) is 19.5 Å². The Hall–Kier alpha value is -3.82. The molecule has 4 N–H and O–H groups in total. The first-order valence-electron chi connectivity index (χ1n) is 14.5. The Labute approximate surface area is 246 Å². The third kappa shape index (κ3) is 6.32. The molecule has 5 rings (SSSR count). The van der Waals surface area contributed by atoms with Crippen molar-refractivity contribution in [1.29, 1.82) is 0 Å². The molecule has 0 unspecified atom stereocenters. The van der Waals surface area contributed by atoms with Crippen LogP contribution in [0.15, 0.2) is 60.8 Å². The van der Waals surface area contributed by atoms with E-state index in [2.05, 4.69) is 10.3 Å². The van der Waals surface area contributed by atoms with Crippen molar-refractivity contribution in [2.45, 2.75) is 69.1 Å². The molecule has 42 heavy (non-hydrogen) atoms. The SMILES string of the molecule is COC(=O)N(C)C1CCC(CC(=O)Nc2cnc(-c3ccc(C4(N)CC(C)(O)C4)cc3)c(-c3ccccc3F)c2)CC1. The van der Waals surface area contributed by atoms with Crippen LogP contribution in [0.1, 0.15) is 57.4 Å². The summed E-state index contributed by atoms with van der Waals surface area (Å²) < 4.78 is 19.8. The van der Waals surface area contributed by atoms with E-state index in [0.29, 0.717) is 41.8 Å². The van der Waals surface area contributed by atoms with Crippen LogP contribution in [-0.2, 0) is 15.1 Å². The molecule has 1 heterocycles. The van der Waals surface area contributed by atoms with E-state index in [-0.39, 0.29) is 29.8 Å². The summed E-state index contributed by atoms with van der Waals surface area (Å²) in [4.78, 5) is 31.1. The van der Waals surface area contributed by atoms with Crippen LogP contribution in [0.4, 0.5) is 14.9 Å². The number of aliphatic hydroxyl groups is 1. The maximum atomic E-state index is 15.0. The third-order valence-corrected chi connectivity index (χ3v) is 8.76. The Morgan fingerprint density at radius 3 is 2.38 bits per heavy atom. The minimum Gasteiger partial charge on any atom is -0.453 e. The van der Waals surface area contributed by atoms with Gasteiger partial charge in [0, 0.05) is 41.7 Å². The van der Waals surface area contributed by atoms with Gasteiger partial charge in [0.05, 0.1) is 30.3 Å². The quantitative estimate of drug-likeness (QED) is 0.326. The summed E-state index contributed by atoms with van der Waals surface area (Å²) >= 11 is 0. The topological polar surface area (TPSA) is 118 Å². The molecule has 1 aromatic heterocycles. The molecule has 0 atom stereocenters. The zero-order valence-electron chi connectivity index (χ0n) is 24.4. The summed E-state index contributed by atoms with van der Waals surface area (Å²) in [5, 5.41) is 13.2. The average molecular weight is 575 g/mol. The Balaban J connectivity index is 1.31. The minimum absolute atomic E-state index is 0.116. The van der Waals surface area contributed by atoms with Crippen molar-refractivity contribution in [2.24, 2.45) is 11.7 Å². The molecule has 2 amide bonds. The first kappa shape index (κ1) is 29.7. The van der Waals surface area contributed by atoms with Crippen LogP contribution in [0, 0.1) is 11.7 Å². The number of halogens is 1. The normalized spacial score (nSPS) is 25.3. The third-order valence-electron chi connectivity index (χ3n) is 8.76. The zero-order chi connectivity index (χ0) is 30.1. The molecule has 0 aliphatic heterocycles. The second-order valence-electron chi connectivity index (χ2n) is 12.2. The number of nitrogens with two attached hydrogens (primary N) is 1. The highest BCUT2D eigenvalue weighted by molar-refractivity contribution is 5.93. The van der Waals surface area contributed by atoms with Gasteiger partial charge in [-0.2, -0.15) is 0 Å². The van der Waals surface area contributed by atoms with E-state index in [9.17, 15) is 19.1 Å². The van der Waals surface area contributed by atoms with Gasteiger partial charge in [0.2, 0.25) is 5.91 Å². The smallest absolute Gasteiger partial charge is 0.409 e. The number of hydrogen-bond donors (Lipinski definition) is 3. The van der Waals surface area contributed by atoms with Crippen LogP contribution in [-0.4, -0.2) is 52.8 Å². The van der Waals surface area contributed by atoms with Crippen molar-refractivity contribution < 1.29 is 23.8 Å². The van der Waals surface area contributed by atoms with E-state index >= 15 is 0 Å². The largest absolute Gasteiger partial charge is 0.453 e. The number of aromatic nitrogens is 1. The van der Waals surface area contributed by atoms with Crippen LogP contribution in [0.25, 0.3) is 22.4 Å². The predicted molar refractivity (Wildman–Crippen MR) is 160 cm³/mol. The number of rotatable bonds is 7. The van der Waals surface area contributed by atoms with Gasteiger partial charge in [-0.3, -0.25) is 9.78 Å². The molecule has 9 heteroatoms. The highest BCUT2D eigenvalue weighted by atomic mass is 19.1. The van der Waals surface area contributed by atoms with Crippen LogP contribution in [0.2, 0.25) is 0 Å². The van der Waals surface area contributed by atoms with Gasteiger partial charge in [-0.25, -0.2) is 9.18 Å². The minimum atomic E-state index is -0.756. The molecule has 2 fully saturated rings. The van der Waals surface area contributed by atoms with Gasteiger partial charge in [-0.1, -0.05) is 42.5 Å². The van der Waals surface area contributed by atoms with Crippen LogP contribution in [0.5, 0.6) is 0 Å². The maximum absolute atomic E-state index is 15.0. The lowest BCUT2D eigenvalue weighted by molar-refractivity contribution is -0.117. The van der Waals surface area contributed by atoms with Crippen LogP contribution >= 0.6 is 0 Å². The molecule has 2 aromatic carbocycles. The molecule has 0 radical (unpaired) electrons. The Bertz CT molecular complexity index is 1440. The van der Waals surface area contributed by atoms with Gasteiger partial charge < -0.3 is 25.8 Å². The van der Waals surface area contributed by atoms with Crippen molar-refractivity contribution >= 4 is 17.7 Å². The standard InChI is InChI=1S/C33H39FN4O4/c1-32(41)19-33(35,20-32)23-12-10-22(11-13-23)30-27(26-6-4-5-7-28(26)34)17-24(18-36-30)37-29(39)16-21-8-14-25(15-9-21)38(2)31(40)42-3/h4-7,10-13,17-18,21,25,41H,8-9,14-16,19-20,35H2,1-3H3,(H,37,39). The molecular weight excluding hydrogens is 535 g/mol. The molecule has 2 aliphatic rings. The number of amides is 2. The number of hydrogen-bond acceptors (Lipinski definition) is 6. The second-order valence-corrected chi connectivity index (χ2v) is 12.2. The molecule has 0 bridgehead atoms. The fourth-order valence-electron chi connectivity index (χ4n) is 6.62. The average Bonchev–Trinajstić information content (AvgIpc) is 2.96. The van der Waals surface area contributed by atoms with Gasteiger partial charge in [-0.15, -0.1) is 0 Å². The fraction of sp³-hybridized carbons (Fsp3) is 0.424. The number of nitrogens with zero attached hydrogens (tertiary/aromatic N) is 2. The van der Waals surface area contributed by atoms with E-state index in [1.54, 1.807) is 49.3 Å². The fourth-order valence-corrected chi connectivity index (χ4v) is 6.62. The summed E-state index contributed by atoms with van der Waals surface area (Å²) in [5.74, 6) is -0.288. The second kappa shape index (κ2) is 11.8. The highest BCUT2D eigenvalue weighted by Gasteiger charge is 2.49. The van der Waals surface area contributed by atoms with Crippen molar-refractivity contribution in [1.82, 2.24) is 9.88 Å². The van der Waals surface area contributed by atoms with E-state index in [1.807, 2.05) is 24.3 Å². The number of benzene rings is 2. The van der Waals surface area contributed by atoms with E-state index in [4.69, 9.17) is 10.5 Å². The lowest BCUT2D eigenvalue weighted by Gasteiger charge is -2.49. The van der Waals surface area contributed by atoms with Gasteiger partial charge in [0.15, 0.2) is 0 Å². The van der Waals surface area contributed by atoms with Gasteiger partial charge in [0.25, 0.3) is 0 Å². The number of pyridine rings is 1.